The van der Waals surface area contributed by atoms with E-state index >= 15 is 0 Å². The summed E-state index contributed by atoms with van der Waals surface area (Å²) >= 11 is 0. The average molecular weight is 549 g/mol. The molecular formula is C28H28N4O6S. The lowest BCUT2D eigenvalue weighted by Crippen LogP contribution is -2.31. The standard InChI is InChI=1S/C28H28N4O6S/c1-16-14-17(2)25(18(3)15-16)38-28-21(26(33)32-39(34,35)24-9-7-8-19(4)29-24)10-12-22(30-28)20-11-13-23(36-5)31-27(20)37-6/h7-15H,1-6H3,(H,32,33). The lowest BCUT2D eigenvalue weighted by atomic mass is 10.1. The molecule has 1 N–H and O–H groups in total. The molecule has 4 aromatic rings. The number of ether oxygens (including phenoxy) is 3. The maximum Gasteiger partial charge on any atom is 0.281 e. The van der Waals surface area contributed by atoms with Gasteiger partial charge in [-0.1, -0.05) is 23.8 Å². The maximum atomic E-state index is 13.3. The fraction of sp³-hybridized carbons (Fsp3) is 0.214. The number of nitrogens with one attached hydrogen (secondary N) is 1. The zero-order valence-corrected chi connectivity index (χ0v) is 23.2. The number of carbonyl (C=O) groups is 1. The molecule has 0 atom stereocenters. The molecule has 0 bridgehead atoms. The van der Waals surface area contributed by atoms with Crippen molar-refractivity contribution in [1.82, 2.24) is 19.7 Å². The summed E-state index contributed by atoms with van der Waals surface area (Å²) in [5.41, 5.74) is 4.01. The molecule has 202 valence electrons. The Bertz CT molecular complexity index is 1650. The predicted octanol–water partition coefficient (Wildman–Crippen LogP) is 4.70. The van der Waals surface area contributed by atoms with E-state index in [1.54, 1.807) is 37.3 Å². The van der Waals surface area contributed by atoms with Gasteiger partial charge in [-0.25, -0.2) is 14.7 Å². The van der Waals surface area contributed by atoms with Crippen LogP contribution >= 0.6 is 0 Å². The summed E-state index contributed by atoms with van der Waals surface area (Å²) in [7, 11) is -1.30. The molecule has 0 fully saturated rings. The number of carbonyl (C=O) groups excluding carboxylic acids is 1. The summed E-state index contributed by atoms with van der Waals surface area (Å²) in [6, 6.07) is 14.8. The molecule has 0 aliphatic heterocycles. The Balaban J connectivity index is 1.81. The van der Waals surface area contributed by atoms with Gasteiger partial charge >= 0.3 is 0 Å². The van der Waals surface area contributed by atoms with Crippen LogP contribution in [0.25, 0.3) is 11.3 Å². The van der Waals surface area contributed by atoms with Crippen LogP contribution in [-0.2, 0) is 10.0 Å². The number of nitrogens with zero attached hydrogens (tertiary/aromatic N) is 3. The summed E-state index contributed by atoms with van der Waals surface area (Å²) in [5, 5.41) is -0.276. The fourth-order valence-electron chi connectivity index (χ4n) is 4.05. The molecule has 0 saturated carbocycles. The second-order valence-electron chi connectivity index (χ2n) is 8.84. The number of rotatable bonds is 8. The number of aromatic nitrogens is 3. The molecule has 1 amide bonds. The maximum absolute atomic E-state index is 13.3. The molecule has 3 heterocycles. The van der Waals surface area contributed by atoms with Crippen LogP contribution in [0, 0.1) is 27.7 Å². The van der Waals surface area contributed by atoms with Crippen LogP contribution in [0.2, 0.25) is 0 Å². The average Bonchev–Trinajstić information content (AvgIpc) is 2.90. The summed E-state index contributed by atoms with van der Waals surface area (Å²) in [6.45, 7) is 7.38. The van der Waals surface area contributed by atoms with Crippen molar-refractivity contribution in [3.05, 3.63) is 82.5 Å². The second kappa shape index (κ2) is 11.1. The van der Waals surface area contributed by atoms with Crippen molar-refractivity contribution < 1.29 is 27.4 Å². The van der Waals surface area contributed by atoms with Crippen LogP contribution in [0.15, 0.2) is 59.6 Å². The second-order valence-corrected chi connectivity index (χ2v) is 10.5. The van der Waals surface area contributed by atoms with Gasteiger partial charge in [0.1, 0.15) is 11.3 Å². The molecular weight excluding hydrogens is 520 g/mol. The molecule has 0 aliphatic rings. The molecule has 0 unspecified atom stereocenters. The molecule has 39 heavy (non-hydrogen) atoms. The zero-order chi connectivity index (χ0) is 28.3. The van der Waals surface area contributed by atoms with Gasteiger partial charge in [0.2, 0.25) is 17.6 Å². The van der Waals surface area contributed by atoms with E-state index in [0.29, 0.717) is 28.6 Å². The van der Waals surface area contributed by atoms with Gasteiger partial charge in [0.25, 0.3) is 15.9 Å². The van der Waals surface area contributed by atoms with Crippen molar-refractivity contribution in [3.8, 4) is 34.6 Å². The highest BCUT2D eigenvalue weighted by atomic mass is 32.2. The van der Waals surface area contributed by atoms with Crippen molar-refractivity contribution in [2.24, 2.45) is 0 Å². The number of amides is 1. The lowest BCUT2D eigenvalue weighted by molar-refractivity contribution is 0.0978. The number of hydrogen-bond donors (Lipinski definition) is 1. The smallest absolute Gasteiger partial charge is 0.281 e. The molecule has 0 saturated heterocycles. The number of sulfonamides is 1. The zero-order valence-electron chi connectivity index (χ0n) is 22.4. The third-order valence-corrected chi connectivity index (χ3v) is 7.02. The van der Waals surface area contributed by atoms with E-state index in [-0.39, 0.29) is 22.3 Å². The minimum Gasteiger partial charge on any atom is -0.481 e. The van der Waals surface area contributed by atoms with Crippen molar-refractivity contribution in [1.29, 1.82) is 0 Å². The van der Waals surface area contributed by atoms with Gasteiger partial charge in [-0.2, -0.15) is 13.4 Å². The van der Waals surface area contributed by atoms with Crippen molar-refractivity contribution in [3.63, 3.8) is 0 Å². The van der Waals surface area contributed by atoms with Gasteiger partial charge < -0.3 is 14.2 Å². The molecule has 0 aliphatic carbocycles. The van der Waals surface area contributed by atoms with Crippen LogP contribution in [0.5, 0.6) is 23.4 Å². The lowest BCUT2D eigenvalue weighted by Gasteiger charge is -2.16. The van der Waals surface area contributed by atoms with E-state index in [0.717, 1.165) is 16.7 Å². The SMILES string of the molecule is COc1ccc(-c2ccc(C(=O)NS(=O)(=O)c3cccc(C)n3)c(Oc3c(C)cc(C)cc3C)n2)c(OC)n1. The molecule has 0 radical (unpaired) electrons. The summed E-state index contributed by atoms with van der Waals surface area (Å²) in [4.78, 5) is 26.2. The van der Waals surface area contributed by atoms with Gasteiger partial charge in [0.05, 0.1) is 25.5 Å². The Labute approximate surface area is 227 Å². The normalized spacial score (nSPS) is 11.1. The monoisotopic (exact) mass is 548 g/mol. The molecule has 10 nitrogen and oxygen atoms in total. The van der Waals surface area contributed by atoms with Crippen LogP contribution < -0.4 is 18.9 Å². The fourth-order valence-corrected chi connectivity index (χ4v) is 5.03. The predicted molar refractivity (Wildman–Crippen MR) is 145 cm³/mol. The summed E-state index contributed by atoms with van der Waals surface area (Å²) in [5.74, 6) is 0.0898. The van der Waals surface area contributed by atoms with Crippen LogP contribution in [0.4, 0.5) is 0 Å². The van der Waals surface area contributed by atoms with Gasteiger partial charge in [-0.15, -0.1) is 0 Å². The van der Waals surface area contributed by atoms with Crippen LogP contribution in [0.3, 0.4) is 0 Å². The number of methoxy groups -OCH3 is 2. The molecule has 1 aromatic carbocycles. The highest BCUT2D eigenvalue weighted by molar-refractivity contribution is 7.90. The van der Waals surface area contributed by atoms with Gasteiger partial charge in [-0.3, -0.25) is 4.79 Å². The summed E-state index contributed by atoms with van der Waals surface area (Å²) in [6.07, 6.45) is 0. The number of hydrogen-bond acceptors (Lipinski definition) is 9. The van der Waals surface area contributed by atoms with E-state index < -0.39 is 15.9 Å². The number of aryl methyl sites for hydroxylation is 4. The van der Waals surface area contributed by atoms with Crippen molar-refractivity contribution >= 4 is 15.9 Å². The van der Waals surface area contributed by atoms with Crippen LogP contribution in [0.1, 0.15) is 32.7 Å². The quantitative estimate of drug-likeness (QED) is 0.333. The van der Waals surface area contributed by atoms with Gasteiger partial charge in [-0.05, 0) is 69.2 Å². The van der Waals surface area contributed by atoms with E-state index in [9.17, 15) is 13.2 Å². The first-order valence-electron chi connectivity index (χ1n) is 11.9. The van der Waals surface area contributed by atoms with E-state index in [2.05, 4.69) is 19.7 Å². The Morgan fingerprint density at radius 3 is 2.18 bits per heavy atom. The highest BCUT2D eigenvalue weighted by Gasteiger charge is 2.25. The molecule has 0 spiro atoms. The first-order chi connectivity index (χ1) is 18.5. The van der Waals surface area contributed by atoms with E-state index in [4.69, 9.17) is 14.2 Å². The molecule has 4 rings (SSSR count). The Morgan fingerprint density at radius 2 is 1.54 bits per heavy atom. The van der Waals surface area contributed by atoms with Gasteiger partial charge in [0.15, 0.2) is 5.03 Å². The first kappa shape index (κ1) is 27.5. The topological polar surface area (TPSA) is 130 Å². The third-order valence-electron chi connectivity index (χ3n) is 5.79. The Kier molecular flexibility index (Phi) is 7.82. The number of pyridine rings is 3. The van der Waals surface area contributed by atoms with E-state index in [1.807, 2.05) is 32.9 Å². The van der Waals surface area contributed by atoms with Crippen molar-refractivity contribution in [2.45, 2.75) is 32.7 Å². The molecule has 11 heteroatoms. The number of benzene rings is 1. The van der Waals surface area contributed by atoms with E-state index in [1.165, 1.54) is 26.4 Å². The molecule has 3 aromatic heterocycles. The Morgan fingerprint density at radius 1 is 0.821 bits per heavy atom. The van der Waals surface area contributed by atoms with Gasteiger partial charge in [0, 0.05) is 11.8 Å². The van der Waals surface area contributed by atoms with Crippen molar-refractivity contribution in [2.75, 3.05) is 14.2 Å². The third kappa shape index (κ3) is 5.99. The first-order valence-corrected chi connectivity index (χ1v) is 13.4. The largest absolute Gasteiger partial charge is 0.481 e. The summed E-state index contributed by atoms with van der Waals surface area (Å²) < 4.78 is 44.7. The minimum absolute atomic E-state index is 0.0882. The van der Waals surface area contributed by atoms with Crippen LogP contribution in [-0.4, -0.2) is 43.5 Å². The highest BCUT2D eigenvalue weighted by Crippen LogP contribution is 2.35. The Hall–Kier alpha value is -4.51. The minimum atomic E-state index is -4.26.